The minimum absolute atomic E-state index is 0.00657. The summed E-state index contributed by atoms with van der Waals surface area (Å²) in [6, 6.07) is 18.4. The van der Waals surface area contributed by atoms with Gasteiger partial charge in [-0.1, -0.05) is 66.2 Å². The number of benzene rings is 2. The summed E-state index contributed by atoms with van der Waals surface area (Å²) in [4.78, 5) is 12.0. The summed E-state index contributed by atoms with van der Waals surface area (Å²) in [7, 11) is 0. The molecule has 2 rings (SSSR count). The van der Waals surface area contributed by atoms with Crippen molar-refractivity contribution in [3.8, 4) is 6.07 Å². The highest BCUT2D eigenvalue weighted by Gasteiger charge is 2.09. The number of carbonyl (C=O) groups is 1. The van der Waals surface area contributed by atoms with E-state index < -0.39 is 5.91 Å². The predicted octanol–water partition coefficient (Wildman–Crippen LogP) is 4.44. The first-order valence-corrected chi connectivity index (χ1v) is 6.98. The molecule has 0 bridgehead atoms. The topological polar surface area (TPSA) is 52.9 Å². The maximum absolute atomic E-state index is 12.0. The molecule has 0 saturated heterocycles. The summed E-state index contributed by atoms with van der Waals surface area (Å²) in [5.74, 6) is -0.492. The fraction of sp³-hybridized carbons (Fsp3) is 0. The first kappa shape index (κ1) is 15.6. The van der Waals surface area contributed by atoms with Gasteiger partial charge in [-0.2, -0.15) is 5.26 Å². The van der Waals surface area contributed by atoms with Gasteiger partial charge in [0.25, 0.3) is 5.91 Å². The monoisotopic (exact) mass is 308 g/mol. The van der Waals surface area contributed by atoms with Crippen LogP contribution in [0.5, 0.6) is 0 Å². The lowest BCUT2D eigenvalue weighted by molar-refractivity contribution is -0.112. The van der Waals surface area contributed by atoms with Gasteiger partial charge in [-0.25, -0.2) is 0 Å². The van der Waals surface area contributed by atoms with Crippen molar-refractivity contribution < 1.29 is 4.79 Å². The van der Waals surface area contributed by atoms with Crippen molar-refractivity contribution in [2.75, 3.05) is 5.32 Å². The van der Waals surface area contributed by atoms with E-state index in [1.165, 1.54) is 6.08 Å². The molecule has 0 radical (unpaired) electrons. The summed E-state index contributed by atoms with van der Waals surface area (Å²) in [5, 5.41) is 12.1. The number of allylic oxidation sites excluding steroid dienone is 2. The van der Waals surface area contributed by atoms with Crippen LogP contribution in [0.2, 0.25) is 5.02 Å². The van der Waals surface area contributed by atoms with Gasteiger partial charge in [0.05, 0.1) is 10.7 Å². The maximum Gasteiger partial charge on any atom is 0.266 e. The minimum atomic E-state index is -0.492. The molecular weight excluding hydrogens is 296 g/mol. The second kappa shape index (κ2) is 7.82. The van der Waals surface area contributed by atoms with Gasteiger partial charge in [-0.05, 0) is 23.8 Å². The molecule has 0 heterocycles. The van der Waals surface area contributed by atoms with Crippen molar-refractivity contribution in [2.24, 2.45) is 0 Å². The third-order valence-corrected chi connectivity index (χ3v) is 3.17. The Labute approximate surface area is 134 Å². The fourth-order valence-electron chi connectivity index (χ4n) is 1.74. The molecule has 3 nitrogen and oxygen atoms in total. The third-order valence-electron chi connectivity index (χ3n) is 2.84. The number of para-hydroxylation sites is 1. The molecule has 4 heteroatoms. The van der Waals surface area contributed by atoms with Crippen LogP contribution in [0, 0.1) is 11.3 Å². The third kappa shape index (κ3) is 4.34. The van der Waals surface area contributed by atoms with Crippen LogP contribution in [-0.4, -0.2) is 5.91 Å². The maximum atomic E-state index is 12.0. The molecule has 0 saturated carbocycles. The lowest BCUT2D eigenvalue weighted by Crippen LogP contribution is -2.13. The highest BCUT2D eigenvalue weighted by Crippen LogP contribution is 2.20. The first-order valence-electron chi connectivity index (χ1n) is 6.60. The Bertz CT molecular complexity index is 758. The van der Waals surface area contributed by atoms with Crippen LogP contribution in [0.15, 0.2) is 72.3 Å². The number of halogens is 1. The number of hydrogen-bond acceptors (Lipinski definition) is 2. The molecule has 0 aliphatic rings. The molecule has 0 atom stereocenters. The van der Waals surface area contributed by atoms with Gasteiger partial charge in [-0.15, -0.1) is 0 Å². The van der Waals surface area contributed by atoms with Gasteiger partial charge >= 0.3 is 0 Å². The minimum Gasteiger partial charge on any atom is -0.320 e. The summed E-state index contributed by atoms with van der Waals surface area (Å²) >= 11 is 5.97. The van der Waals surface area contributed by atoms with Crippen LogP contribution >= 0.6 is 11.6 Å². The van der Waals surface area contributed by atoms with Crippen molar-refractivity contribution in [2.45, 2.75) is 0 Å². The number of nitrogens with one attached hydrogen (secondary N) is 1. The van der Waals surface area contributed by atoms with Crippen LogP contribution in [-0.2, 0) is 4.79 Å². The van der Waals surface area contributed by atoms with E-state index in [4.69, 9.17) is 16.9 Å². The predicted molar refractivity (Wildman–Crippen MR) is 89.3 cm³/mol. The normalized spacial score (nSPS) is 11.2. The van der Waals surface area contributed by atoms with Crippen LogP contribution in [0.3, 0.4) is 0 Å². The smallest absolute Gasteiger partial charge is 0.266 e. The van der Waals surface area contributed by atoms with Crippen molar-refractivity contribution in [3.05, 3.63) is 82.9 Å². The second-order valence-corrected chi connectivity index (χ2v) is 4.80. The molecule has 1 N–H and O–H groups in total. The Morgan fingerprint density at radius 1 is 1.09 bits per heavy atom. The first-order chi connectivity index (χ1) is 10.7. The number of anilines is 1. The van der Waals surface area contributed by atoms with Gasteiger partial charge in [0.15, 0.2) is 0 Å². The number of nitriles is 1. The molecule has 0 aromatic heterocycles. The molecule has 0 aliphatic carbocycles. The van der Waals surface area contributed by atoms with Crippen LogP contribution in [0.4, 0.5) is 5.69 Å². The molecular formula is C18H13ClN2O. The van der Waals surface area contributed by atoms with E-state index in [0.29, 0.717) is 10.7 Å². The van der Waals surface area contributed by atoms with Crippen LogP contribution in [0.1, 0.15) is 5.56 Å². The van der Waals surface area contributed by atoms with Crippen molar-refractivity contribution >= 4 is 29.3 Å². The van der Waals surface area contributed by atoms with Crippen LogP contribution in [0.25, 0.3) is 6.08 Å². The number of carbonyl (C=O) groups excluding carboxylic acids is 1. The number of rotatable bonds is 4. The quantitative estimate of drug-likeness (QED) is 0.515. The van der Waals surface area contributed by atoms with Crippen molar-refractivity contribution in [1.29, 1.82) is 5.26 Å². The second-order valence-electron chi connectivity index (χ2n) is 4.40. The van der Waals surface area contributed by atoms with Gasteiger partial charge in [0.2, 0.25) is 0 Å². The lowest BCUT2D eigenvalue weighted by atomic mass is 10.2. The fourth-order valence-corrected chi connectivity index (χ4v) is 1.92. The zero-order valence-corrected chi connectivity index (χ0v) is 12.4. The van der Waals surface area contributed by atoms with Gasteiger partial charge in [0.1, 0.15) is 11.6 Å². The highest BCUT2D eigenvalue weighted by molar-refractivity contribution is 6.33. The van der Waals surface area contributed by atoms with E-state index in [0.717, 1.165) is 5.56 Å². The van der Waals surface area contributed by atoms with E-state index >= 15 is 0 Å². The molecule has 0 spiro atoms. The summed E-state index contributed by atoms with van der Waals surface area (Å²) < 4.78 is 0. The molecule has 22 heavy (non-hydrogen) atoms. The van der Waals surface area contributed by atoms with E-state index in [1.54, 1.807) is 30.3 Å². The van der Waals surface area contributed by atoms with E-state index in [1.807, 2.05) is 42.5 Å². The van der Waals surface area contributed by atoms with E-state index in [2.05, 4.69) is 5.32 Å². The SMILES string of the molecule is N#C/C(=C/C=C/c1ccccc1)C(=O)Nc1ccccc1Cl. The molecule has 0 aliphatic heterocycles. The van der Waals surface area contributed by atoms with Crippen molar-refractivity contribution in [1.82, 2.24) is 0 Å². The Morgan fingerprint density at radius 3 is 2.45 bits per heavy atom. The Morgan fingerprint density at radius 2 is 1.77 bits per heavy atom. The Hall–Kier alpha value is -2.83. The summed E-state index contributed by atoms with van der Waals surface area (Å²) in [6.07, 6.45) is 4.96. The molecule has 108 valence electrons. The average molecular weight is 309 g/mol. The van der Waals surface area contributed by atoms with E-state index in [9.17, 15) is 4.79 Å². The standard InChI is InChI=1S/C18H13ClN2O/c19-16-11-4-5-12-17(16)21-18(22)15(13-20)10-6-9-14-7-2-1-3-8-14/h1-12H,(H,21,22)/b9-6+,15-10-. The van der Waals surface area contributed by atoms with Gasteiger partial charge in [0, 0.05) is 0 Å². The summed E-state index contributed by atoms with van der Waals surface area (Å²) in [5.41, 5.74) is 1.47. The average Bonchev–Trinajstić information content (AvgIpc) is 2.54. The van der Waals surface area contributed by atoms with Gasteiger partial charge in [-0.3, -0.25) is 4.79 Å². The molecule has 2 aromatic carbocycles. The molecule has 1 amide bonds. The van der Waals surface area contributed by atoms with Gasteiger partial charge < -0.3 is 5.32 Å². The molecule has 0 fully saturated rings. The van der Waals surface area contributed by atoms with Crippen LogP contribution < -0.4 is 5.32 Å². The highest BCUT2D eigenvalue weighted by atomic mass is 35.5. The van der Waals surface area contributed by atoms with E-state index in [-0.39, 0.29) is 5.57 Å². The van der Waals surface area contributed by atoms with Crippen molar-refractivity contribution in [3.63, 3.8) is 0 Å². The zero-order chi connectivity index (χ0) is 15.8. The Kier molecular flexibility index (Phi) is 5.53. The molecule has 0 unspecified atom stereocenters. The largest absolute Gasteiger partial charge is 0.320 e. The zero-order valence-electron chi connectivity index (χ0n) is 11.7. The lowest BCUT2D eigenvalue weighted by Gasteiger charge is -2.05. The number of nitrogens with zero attached hydrogens (tertiary/aromatic N) is 1. The number of amides is 1. The molecule has 2 aromatic rings. The summed E-state index contributed by atoms with van der Waals surface area (Å²) in [6.45, 7) is 0. The number of hydrogen-bond donors (Lipinski definition) is 1. The Balaban J connectivity index is 2.09.